The van der Waals surface area contributed by atoms with Crippen molar-refractivity contribution < 1.29 is 13.2 Å². The van der Waals surface area contributed by atoms with Crippen LogP contribution in [0.3, 0.4) is 0 Å². The number of nitrogens with two attached hydrogens (primary N) is 1. The molecule has 88 valence electrons. The fraction of sp³-hybridized carbons (Fsp3) is 0.0769. The van der Waals surface area contributed by atoms with Gasteiger partial charge in [0.2, 0.25) is 0 Å². The molecular formula is C13H10F3N. The van der Waals surface area contributed by atoms with Gasteiger partial charge in [0.05, 0.1) is 5.69 Å². The standard InChI is InChI=1S/C13H10F3N/c1-7-2-8(4-9(14)3-7)10-5-12(16)13(17)6-11(10)15/h2-6H,17H2,1H3. The Kier molecular flexibility index (Phi) is 2.79. The zero-order chi connectivity index (χ0) is 12.6. The first-order valence-electron chi connectivity index (χ1n) is 4.99. The molecule has 17 heavy (non-hydrogen) atoms. The molecule has 0 aliphatic heterocycles. The highest BCUT2D eigenvalue weighted by Crippen LogP contribution is 2.27. The monoisotopic (exact) mass is 237 g/mol. The van der Waals surface area contributed by atoms with Crippen molar-refractivity contribution in [3.8, 4) is 11.1 Å². The van der Waals surface area contributed by atoms with Gasteiger partial charge in [0.15, 0.2) is 0 Å². The summed E-state index contributed by atoms with van der Waals surface area (Å²) in [5.41, 5.74) is 5.90. The van der Waals surface area contributed by atoms with E-state index in [1.165, 1.54) is 6.07 Å². The number of rotatable bonds is 1. The second-order valence-corrected chi connectivity index (χ2v) is 3.87. The average molecular weight is 237 g/mol. The maximum absolute atomic E-state index is 13.6. The number of hydrogen-bond acceptors (Lipinski definition) is 1. The zero-order valence-electron chi connectivity index (χ0n) is 9.10. The summed E-state index contributed by atoms with van der Waals surface area (Å²) in [5.74, 6) is -1.88. The molecule has 2 rings (SSSR count). The smallest absolute Gasteiger partial charge is 0.146 e. The van der Waals surface area contributed by atoms with Gasteiger partial charge in [-0.3, -0.25) is 0 Å². The molecule has 0 bridgehead atoms. The van der Waals surface area contributed by atoms with Crippen molar-refractivity contribution in [2.75, 3.05) is 5.73 Å². The molecule has 0 amide bonds. The van der Waals surface area contributed by atoms with E-state index in [4.69, 9.17) is 5.73 Å². The topological polar surface area (TPSA) is 26.0 Å². The third-order valence-electron chi connectivity index (χ3n) is 2.44. The minimum absolute atomic E-state index is 0.000648. The van der Waals surface area contributed by atoms with Crippen molar-refractivity contribution in [3.63, 3.8) is 0 Å². The predicted octanol–water partition coefficient (Wildman–Crippen LogP) is 3.66. The predicted molar refractivity (Wildman–Crippen MR) is 60.9 cm³/mol. The summed E-state index contributed by atoms with van der Waals surface area (Å²) in [6, 6.07) is 5.91. The maximum Gasteiger partial charge on any atom is 0.146 e. The summed E-state index contributed by atoms with van der Waals surface area (Å²) in [6.07, 6.45) is 0. The van der Waals surface area contributed by atoms with Crippen LogP contribution in [0.1, 0.15) is 5.56 Å². The summed E-state index contributed by atoms with van der Waals surface area (Å²) >= 11 is 0. The van der Waals surface area contributed by atoms with Gasteiger partial charge in [-0.25, -0.2) is 13.2 Å². The minimum Gasteiger partial charge on any atom is -0.396 e. The molecule has 2 aromatic rings. The first-order valence-corrected chi connectivity index (χ1v) is 4.99. The molecule has 0 saturated carbocycles. The second kappa shape index (κ2) is 4.13. The lowest BCUT2D eigenvalue weighted by molar-refractivity contribution is 0.606. The van der Waals surface area contributed by atoms with Crippen molar-refractivity contribution in [3.05, 3.63) is 53.3 Å². The first-order chi connectivity index (χ1) is 7.97. The van der Waals surface area contributed by atoms with Crippen LogP contribution in [-0.4, -0.2) is 0 Å². The SMILES string of the molecule is Cc1cc(F)cc(-c2cc(F)c(N)cc2F)c1. The second-order valence-electron chi connectivity index (χ2n) is 3.87. The van der Waals surface area contributed by atoms with Crippen molar-refractivity contribution in [1.82, 2.24) is 0 Å². The van der Waals surface area contributed by atoms with Gasteiger partial charge >= 0.3 is 0 Å². The quantitative estimate of drug-likeness (QED) is 0.752. The molecule has 0 heterocycles. The van der Waals surface area contributed by atoms with Crippen LogP contribution in [0.2, 0.25) is 0 Å². The molecule has 2 aromatic carbocycles. The number of anilines is 1. The molecule has 0 unspecified atom stereocenters. The molecule has 0 aliphatic rings. The van der Waals surface area contributed by atoms with E-state index < -0.39 is 17.5 Å². The Balaban J connectivity index is 2.64. The van der Waals surface area contributed by atoms with E-state index in [2.05, 4.69) is 0 Å². The van der Waals surface area contributed by atoms with Crippen LogP contribution in [0.15, 0.2) is 30.3 Å². The van der Waals surface area contributed by atoms with Crippen LogP contribution in [0, 0.1) is 24.4 Å². The molecule has 0 radical (unpaired) electrons. The van der Waals surface area contributed by atoms with E-state index in [0.29, 0.717) is 11.1 Å². The van der Waals surface area contributed by atoms with Gasteiger partial charge in [0.25, 0.3) is 0 Å². The van der Waals surface area contributed by atoms with Gasteiger partial charge in [-0.1, -0.05) is 6.07 Å². The number of benzene rings is 2. The van der Waals surface area contributed by atoms with E-state index in [-0.39, 0.29) is 11.3 Å². The van der Waals surface area contributed by atoms with Gasteiger partial charge in [-0.2, -0.15) is 0 Å². The summed E-state index contributed by atoms with van der Waals surface area (Å²) in [6.45, 7) is 1.68. The normalized spacial score (nSPS) is 10.6. The summed E-state index contributed by atoms with van der Waals surface area (Å²) < 4.78 is 40.1. The van der Waals surface area contributed by atoms with Crippen molar-refractivity contribution in [2.45, 2.75) is 6.92 Å². The summed E-state index contributed by atoms with van der Waals surface area (Å²) in [7, 11) is 0. The van der Waals surface area contributed by atoms with Crippen LogP contribution in [-0.2, 0) is 0 Å². The molecule has 0 fully saturated rings. The largest absolute Gasteiger partial charge is 0.396 e. The molecule has 0 spiro atoms. The van der Waals surface area contributed by atoms with Gasteiger partial charge in [-0.15, -0.1) is 0 Å². The van der Waals surface area contributed by atoms with E-state index in [0.717, 1.165) is 18.2 Å². The van der Waals surface area contributed by atoms with E-state index >= 15 is 0 Å². The molecule has 0 saturated heterocycles. The summed E-state index contributed by atoms with van der Waals surface area (Å²) in [5, 5.41) is 0. The number of halogens is 3. The van der Waals surface area contributed by atoms with Crippen LogP contribution in [0.4, 0.5) is 18.9 Å². The molecule has 0 aromatic heterocycles. The number of nitrogen functional groups attached to an aromatic ring is 1. The Labute approximate surface area is 96.7 Å². The van der Waals surface area contributed by atoms with Gasteiger partial charge < -0.3 is 5.73 Å². The summed E-state index contributed by atoms with van der Waals surface area (Å²) in [4.78, 5) is 0. The Bertz CT molecular complexity index is 559. The molecule has 2 N–H and O–H groups in total. The molecule has 4 heteroatoms. The molecular weight excluding hydrogens is 227 g/mol. The van der Waals surface area contributed by atoms with Crippen LogP contribution >= 0.6 is 0 Å². The van der Waals surface area contributed by atoms with Gasteiger partial charge in [0, 0.05) is 11.6 Å². The van der Waals surface area contributed by atoms with Crippen LogP contribution in [0.25, 0.3) is 11.1 Å². The van der Waals surface area contributed by atoms with E-state index in [1.807, 2.05) is 0 Å². The maximum atomic E-state index is 13.6. The molecule has 1 nitrogen and oxygen atoms in total. The Hall–Kier alpha value is -1.97. The first kappa shape index (κ1) is 11.5. The fourth-order valence-electron chi connectivity index (χ4n) is 1.68. The molecule has 0 atom stereocenters. The highest BCUT2D eigenvalue weighted by molar-refractivity contribution is 5.67. The lowest BCUT2D eigenvalue weighted by atomic mass is 10.0. The van der Waals surface area contributed by atoms with E-state index in [1.54, 1.807) is 13.0 Å². The third kappa shape index (κ3) is 2.25. The minimum atomic E-state index is -0.719. The van der Waals surface area contributed by atoms with Crippen molar-refractivity contribution >= 4 is 5.69 Å². The third-order valence-corrected chi connectivity index (χ3v) is 2.44. The van der Waals surface area contributed by atoms with Gasteiger partial charge in [-0.05, 0) is 36.2 Å². The lowest BCUT2D eigenvalue weighted by Crippen LogP contribution is -1.95. The Morgan fingerprint density at radius 2 is 1.59 bits per heavy atom. The van der Waals surface area contributed by atoms with Crippen molar-refractivity contribution in [1.29, 1.82) is 0 Å². The van der Waals surface area contributed by atoms with Crippen LogP contribution in [0.5, 0.6) is 0 Å². The highest BCUT2D eigenvalue weighted by atomic mass is 19.1. The lowest BCUT2D eigenvalue weighted by Gasteiger charge is -2.07. The zero-order valence-corrected chi connectivity index (χ0v) is 9.10. The fourth-order valence-corrected chi connectivity index (χ4v) is 1.68. The number of hydrogen-bond donors (Lipinski definition) is 1. The highest BCUT2D eigenvalue weighted by Gasteiger charge is 2.11. The van der Waals surface area contributed by atoms with Gasteiger partial charge in [0.1, 0.15) is 17.5 Å². The Morgan fingerprint density at radius 3 is 2.24 bits per heavy atom. The van der Waals surface area contributed by atoms with Crippen molar-refractivity contribution in [2.24, 2.45) is 0 Å². The van der Waals surface area contributed by atoms with Crippen LogP contribution < -0.4 is 5.73 Å². The van der Waals surface area contributed by atoms with E-state index in [9.17, 15) is 13.2 Å². The number of aryl methyl sites for hydroxylation is 1. The average Bonchev–Trinajstić information content (AvgIpc) is 2.22. The Morgan fingerprint density at radius 1 is 0.882 bits per heavy atom. The molecule has 0 aliphatic carbocycles.